The molecule has 4 aromatic rings. The monoisotopic (exact) mass is 429 g/mol. The highest BCUT2D eigenvalue weighted by molar-refractivity contribution is 6.07. The number of amides is 1. The lowest BCUT2D eigenvalue weighted by molar-refractivity contribution is 0.147. The Morgan fingerprint density at radius 1 is 1.00 bits per heavy atom. The Morgan fingerprint density at radius 2 is 1.78 bits per heavy atom. The number of carbonyl (C=O) groups excluding carboxylic acids is 1. The third kappa shape index (κ3) is 4.81. The summed E-state index contributed by atoms with van der Waals surface area (Å²) in [5, 5.41) is 18.8. The van der Waals surface area contributed by atoms with Gasteiger partial charge in [0.2, 0.25) is 0 Å². The van der Waals surface area contributed by atoms with Crippen LogP contribution in [0, 0.1) is 12.8 Å². The quantitative estimate of drug-likeness (QED) is 0.258. The van der Waals surface area contributed by atoms with E-state index in [-0.39, 0.29) is 5.92 Å². The molecule has 0 aliphatic rings. The van der Waals surface area contributed by atoms with Crippen molar-refractivity contribution in [3.05, 3.63) is 77.9 Å². The smallest absolute Gasteiger partial charge is 0.411 e. The Kier molecular flexibility index (Phi) is 6.23. The first-order valence-corrected chi connectivity index (χ1v) is 10.7. The second-order valence-electron chi connectivity index (χ2n) is 8.31. The normalized spacial score (nSPS) is 12.2. The van der Waals surface area contributed by atoms with Gasteiger partial charge in [-0.1, -0.05) is 56.3 Å². The number of carbonyl (C=O) groups is 1. The van der Waals surface area contributed by atoms with E-state index < -0.39 is 12.3 Å². The van der Waals surface area contributed by atoms with Crippen molar-refractivity contribution in [3.8, 4) is 0 Å². The highest BCUT2D eigenvalue weighted by Crippen LogP contribution is 2.33. The average Bonchev–Trinajstić information content (AvgIpc) is 2.77. The van der Waals surface area contributed by atoms with Crippen LogP contribution in [-0.4, -0.2) is 22.8 Å². The van der Waals surface area contributed by atoms with Crippen LogP contribution in [0.15, 0.2) is 66.7 Å². The van der Waals surface area contributed by atoms with E-state index in [1.54, 1.807) is 24.3 Å². The van der Waals surface area contributed by atoms with E-state index in [2.05, 4.69) is 10.6 Å². The molecule has 3 N–H and O–H groups in total. The SMILES string of the molecule is Cc1ccc2c(NC(O)c3cccc(NC(=O)OCC(C)C)c3)c3ccccc3nc2c1. The van der Waals surface area contributed by atoms with Crippen molar-refractivity contribution in [2.45, 2.75) is 27.0 Å². The van der Waals surface area contributed by atoms with Gasteiger partial charge in [0.1, 0.15) is 0 Å². The minimum absolute atomic E-state index is 0.256. The fourth-order valence-corrected chi connectivity index (χ4v) is 3.56. The predicted molar refractivity (Wildman–Crippen MR) is 129 cm³/mol. The number of pyridine rings is 1. The van der Waals surface area contributed by atoms with Gasteiger partial charge < -0.3 is 15.2 Å². The molecule has 6 nitrogen and oxygen atoms in total. The van der Waals surface area contributed by atoms with E-state index in [1.165, 1.54) is 0 Å². The van der Waals surface area contributed by atoms with Crippen molar-refractivity contribution >= 4 is 39.3 Å². The molecule has 0 saturated carbocycles. The van der Waals surface area contributed by atoms with Gasteiger partial charge in [0, 0.05) is 22.0 Å². The number of fused-ring (bicyclic) bond motifs is 2. The number of anilines is 2. The fourth-order valence-electron chi connectivity index (χ4n) is 3.56. The number of aromatic nitrogens is 1. The lowest BCUT2D eigenvalue weighted by Crippen LogP contribution is -2.17. The van der Waals surface area contributed by atoms with Crippen molar-refractivity contribution in [2.24, 2.45) is 5.92 Å². The van der Waals surface area contributed by atoms with Gasteiger partial charge in [-0.3, -0.25) is 5.32 Å². The van der Waals surface area contributed by atoms with Crippen LogP contribution < -0.4 is 10.6 Å². The first kappa shape index (κ1) is 21.6. The van der Waals surface area contributed by atoms with E-state index in [0.29, 0.717) is 17.9 Å². The van der Waals surface area contributed by atoms with Gasteiger partial charge in [-0.05, 0) is 42.7 Å². The van der Waals surface area contributed by atoms with Crippen LogP contribution in [0.3, 0.4) is 0 Å². The molecule has 32 heavy (non-hydrogen) atoms. The van der Waals surface area contributed by atoms with Crippen LogP contribution in [0.5, 0.6) is 0 Å². The molecule has 0 radical (unpaired) electrons. The molecule has 1 atom stereocenters. The number of nitrogens with one attached hydrogen (secondary N) is 2. The molecule has 1 aromatic heterocycles. The number of benzene rings is 3. The zero-order chi connectivity index (χ0) is 22.7. The van der Waals surface area contributed by atoms with Gasteiger partial charge in [-0.2, -0.15) is 0 Å². The molecule has 1 heterocycles. The highest BCUT2D eigenvalue weighted by atomic mass is 16.5. The Hall–Kier alpha value is -3.64. The number of aliphatic hydroxyl groups excluding tert-OH is 1. The van der Waals surface area contributed by atoms with Crippen LogP contribution in [-0.2, 0) is 4.74 Å². The van der Waals surface area contributed by atoms with Crippen LogP contribution >= 0.6 is 0 Å². The molecule has 0 fully saturated rings. The zero-order valence-corrected chi connectivity index (χ0v) is 18.4. The summed E-state index contributed by atoms with van der Waals surface area (Å²) < 4.78 is 5.17. The third-order valence-corrected chi connectivity index (χ3v) is 5.11. The van der Waals surface area contributed by atoms with E-state index in [4.69, 9.17) is 9.72 Å². The minimum Gasteiger partial charge on any atom is -0.449 e. The average molecular weight is 430 g/mol. The number of aliphatic hydroxyl groups is 1. The van der Waals surface area contributed by atoms with Gasteiger partial charge in [0.25, 0.3) is 0 Å². The van der Waals surface area contributed by atoms with E-state index >= 15 is 0 Å². The predicted octanol–water partition coefficient (Wildman–Crippen LogP) is 6.00. The Balaban J connectivity index is 1.63. The second kappa shape index (κ2) is 9.24. The van der Waals surface area contributed by atoms with Gasteiger partial charge in [0.15, 0.2) is 6.23 Å². The van der Waals surface area contributed by atoms with Gasteiger partial charge in [-0.25, -0.2) is 9.78 Å². The standard InChI is InChI=1S/C26H27N3O3/c1-16(2)15-32-26(31)27-19-8-6-7-18(14-19)25(30)29-24-20-9-4-5-10-22(20)28-23-13-17(3)11-12-21(23)24/h4-14,16,25,30H,15H2,1-3H3,(H,27,31)(H,28,29). The fraction of sp³-hybridized carbons (Fsp3) is 0.231. The van der Waals surface area contributed by atoms with Gasteiger partial charge >= 0.3 is 6.09 Å². The minimum atomic E-state index is -0.987. The molecule has 0 bridgehead atoms. The first-order valence-electron chi connectivity index (χ1n) is 10.7. The number of hydrogen-bond donors (Lipinski definition) is 3. The molecule has 6 heteroatoms. The molecule has 0 saturated heterocycles. The molecule has 0 aliphatic heterocycles. The summed E-state index contributed by atoms with van der Waals surface area (Å²) in [6.07, 6.45) is -1.50. The van der Waals surface area contributed by atoms with Crippen LogP contribution in [0.25, 0.3) is 21.8 Å². The summed E-state index contributed by atoms with van der Waals surface area (Å²) in [4.78, 5) is 16.8. The number of rotatable bonds is 6. The number of hydrogen-bond acceptors (Lipinski definition) is 5. The molecular formula is C26H27N3O3. The van der Waals surface area contributed by atoms with Crippen molar-refractivity contribution in [1.29, 1.82) is 0 Å². The van der Waals surface area contributed by atoms with Crippen molar-refractivity contribution in [2.75, 3.05) is 17.2 Å². The summed E-state index contributed by atoms with van der Waals surface area (Å²) in [5.41, 5.74) is 4.82. The number of para-hydroxylation sites is 1. The summed E-state index contributed by atoms with van der Waals surface area (Å²) in [7, 11) is 0. The maximum Gasteiger partial charge on any atom is 0.411 e. The molecule has 164 valence electrons. The first-order chi connectivity index (χ1) is 15.4. The van der Waals surface area contributed by atoms with Crippen LogP contribution in [0.2, 0.25) is 0 Å². The van der Waals surface area contributed by atoms with E-state index in [0.717, 1.165) is 33.1 Å². The number of nitrogens with zero attached hydrogens (tertiary/aromatic N) is 1. The molecule has 3 aromatic carbocycles. The Labute approximate surface area is 187 Å². The largest absolute Gasteiger partial charge is 0.449 e. The van der Waals surface area contributed by atoms with Crippen LogP contribution in [0.1, 0.15) is 31.2 Å². The molecule has 4 rings (SSSR count). The topological polar surface area (TPSA) is 83.5 Å². The van der Waals surface area contributed by atoms with E-state index in [1.807, 2.05) is 63.2 Å². The molecule has 0 aliphatic carbocycles. The lowest BCUT2D eigenvalue weighted by Gasteiger charge is -2.19. The summed E-state index contributed by atoms with van der Waals surface area (Å²) in [6.45, 7) is 6.33. The molecular weight excluding hydrogens is 402 g/mol. The van der Waals surface area contributed by atoms with E-state index in [9.17, 15) is 9.90 Å². The highest BCUT2D eigenvalue weighted by Gasteiger charge is 2.15. The number of ether oxygens (including phenoxy) is 1. The van der Waals surface area contributed by atoms with Crippen molar-refractivity contribution in [1.82, 2.24) is 4.98 Å². The van der Waals surface area contributed by atoms with Gasteiger partial charge in [-0.15, -0.1) is 0 Å². The molecule has 0 spiro atoms. The Bertz CT molecular complexity index is 1270. The second-order valence-corrected chi connectivity index (χ2v) is 8.31. The van der Waals surface area contributed by atoms with Crippen molar-refractivity contribution < 1.29 is 14.6 Å². The maximum absolute atomic E-state index is 12.0. The third-order valence-electron chi connectivity index (χ3n) is 5.11. The summed E-state index contributed by atoms with van der Waals surface area (Å²) in [6, 6.07) is 21.0. The maximum atomic E-state index is 12.0. The van der Waals surface area contributed by atoms with Gasteiger partial charge in [0.05, 0.1) is 23.3 Å². The number of aryl methyl sites for hydroxylation is 1. The van der Waals surface area contributed by atoms with Crippen LogP contribution in [0.4, 0.5) is 16.2 Å². The Morgan fingerprint density at radius 3 is 2.59 bits per heavy atom. The zero-order valence-electron chi connectivity index (χ0n) is 18.4. The molecule has 1 amide bonds. The van der Waals surface area contributed by atoms with Crippen molar-refractivity contribution in [3.63, 3.8) is 0 Å². The summed E-state index contributed by atoms with van der Waals surface area (Å²) in [5.74, 6) is 0.256. The molecule has 1 unspecified atom stereocenters. The summed E-state index contributed by atoms with van der Waals surface area (Å²) >= 11 is 0. The lowest BCUT2D eigenvalue weighted by atomic mass is 10.1.